The number of hydrogen-bond acceptors (Lipinski definition) is 6. The van der Waals surface area contributed by atoms with Crippen molar-refractivity contribution in [1.82, 2.24) is 15.1 Å². The molecule has 7 heteroatoms. The molecule has 1 aliphatic heterocycles. The largest absolute Gasteiger partial charge is 0.495 e. The molecule has 0 saturated carbocycles. The summed E-state index contributed by atoms with van der Waals surface area (Å²) < 4.78 is 5.49. The maximum absolute atomic E-state index is 12.7. The maximum atomic E-state index is 12.7. The monoisotopic (exact) mass is 397 g/mol. The van der Waals surface area contributed by atoms with Gasteiger partial charge in [0, 0.05) is 39.3 Å². The summed E-state index contributed by atoms with van der Waals surface area (Å²) in [5.41, 5.74) is 1.54. The van der Waals surface area contributed by atoms with Crippen molar-refractivity contribution in [2.45, 2.75) is 26.7 Å². The average Bonchev–Trinajstić information content (AvgIpc) is 2.78. The summed E-state index contributed by atoms with van der Waals surface area (Å²) >= 11 is 0. The molecule has 0 radical (unpaired) electrons. The van der Waals surface area contributed by atoms with Gasteiger partial charge in [-0.25, -0.2) is 0 Å². The molecule has 1 amide bonds. The van der Waals surface area contributed by atoms with Gasteiger partial charge in [0.2, 0.25) is 0 Å². The highest BCUT2D eigenvalue weighted by Crippen LogP contribution is 2.28. The number of piperazine rings is 1. The second kappa shape index (κ2) is 10.1. The number of benzene rings is 1. The molecule has 1 aliphatic rings. The topological polar surface area (TPSA) is 61.8 Å². The van der Waals surface area contributed by atoms with E-state index in [0.29, 0.717) is 5.69 Å². The van der Waals surface area contributed by atoms with Gasteiger partial charge in [0.1, 0.15) is 5.75 Å². The van der Waals surface area contributed by atoms with Gasteiger partial charge in [0.05, 0.1) is 12.8 Å². The predicted molar refractivity (Wildman–Crippen MR) is 116 cm³/mol. The molecule has 1 saturated heterocycles. The van der Waals surface area contributed by atoms with E-state index in [0.717, 1.165) is 69.4 Å². The Balaban J connectivity index is 1.62. The Bertz CT molecular complexity index is 782. The number of hydrogen-bond donors (Lipinski definition) is 0. The quantitative estimate of drug-likeness (QED) is 0.682. The van der Waals surface area contributed by atoms with Crippen LogP contribution in [0, 0.1) is 0 Å². The minimum atomic E-state index is -0.0336. The summed E-state index contributed by atoms with van der Waals surface area (Å²) in [6, 6.07) is 11.8. The fourth-order valence-corrected chi connectivity index (χ4v) is 3.69. The third-order valence-electron chi connectivity index (χ3n) is 5.17. The molecule has 1 aromatic carbocycles. The fourth-order valence-electron chi connectivity index (χ4n) is 3.69. The SMILES string of the molecule is CCCN(CCC)C(=O)c1ccc(N2CCN(c3ccccc3OC)CC2)nn1. The van der Waals surface area contributed by atoms with Crippen molar-refractivity contribution in [2.24, 2.45) is 0 Å². The van der Waals surface area contributed by atoms with Crippen LogP contribution in [0.1, 0.15) is 37.2 Å². The summed E-state index contributed by atoms with van der Waals surface area (Å²) in [5, 5.41) is 8.57. The van der Waals surface area contributed by atoms with Crippen LogP contribution in [0.5, 0.6) is 5.75 Å². The third kappa shape index (κ3) is 4.96. The summed E-state index contributed by atoms with van der Waals surface area (Å²) in [4.78, 5) is 19.1. The van der Waals surface area contributed by atoms with Gasteiger partial charge in [-0.2, -0.15) is 0 Å². The Labute approximate surface area is 173 Å². The van der Waals surface area contributed by atoms with E-state index in [1.54, 1.807) is 13.2 Å². The van der Waals surface area contributed by atoms with E-state index < -0.39 is 0 Å². The zero-order chi connectivity index (χ0) is 20.6. The molecule has 2 heterocycles. The number of carbonyl (C=O) groups excluding carboxylic acids is 1. The van der Waals surface area contributed by atoms with Crippen LogP contribution in [0.4, 0.5) is 11.5 Å². The van der Waals surface area contributed by atoms with E-state index in [2.05, 4.69) is 39.9 Å². The molecule has 0 spiro atoms. The van der Waals surface area contributed by atoms with Crippen molar-refractivity contribution < 1.29 is 9.53 Å². The van der Waals surface area contributed by atoms with Crippen LogP contribution < -0.4 is 14.5 Å². The van der Waals surface area contributed by atoms with Crippen LogP contribution in [0.15, 0.2) is 36.4 Å². The van der Waals surface area contributed by atoms with E-state index >= 15 is 0 Å². The second-order valence-electron chi connectivity index (χ2n) is 7.21. The van der Waals surface area contributed by atoms with Crippen LogP contribution in [-0.2, 0) is 0 Å². The van der Waals surface area contributed by atoms with Crippen LogP contribution in [0.2, 0.25) is 0 Å². The zero-order valence-corrected chi connectivity index (χ0v) is 17.7. The highest BCUT2D eigenvalue weighted by Gasteiger charge is 2.22. The molecule has 2 aromatic rings. The molecule has 0 N–H and O–H groups in total. The minimum Gasteiger partial charge on any atom is -0.495 e. The molecule has 0 aliphatic carbocycles. The summed E-state index contributed by atoms with van der Waals surface area (Å²) in [6.45, 7) is 9.11. The van der Waals surface area contributed by atoms with E-state index in [1.165, 1.54) is 0 Å². The fraction of sp³-hybridized carbons (Fsp3) is 0.500. The summed E-state index contributed by atoms with van der Waals surface area (Å²) in [5.74, 6) is 1.68. The first-order valence-electron chi connectivity index (χ1n) is 10.4. The van der Waals surface area contributed by atoms with Crippen LogP contribution in [0.3, 0.4) is 0 Å². The Hall–Kier alpha value is -2.83. The van der Waals surface area contributed by atoms with Crippen molar-refractivity contribution in [3.8, 4) is 5.75 Å². The first kappa shape index (κ1) is 20.9. The third-order valence-corrected chi connectivity index (χ3v) is 5.17. The summed E-state index contributed by atoms with van der Waals surface area (Å²) in [6.07, 6.45) is 1.88. The number of ether oxygens (including phenoxy) is 1. The molecule has 0 bridgehead atoms. The minimum absolute atomic E-state index is 0.0336. The Kier molecular flexibility index (Phi) is 7.27. The maximum Gasteiger partial charge on any atom is 0.274 e. The number of para-hydroxylation sites is 2. The number of rotatable bonds is 8. The van der Waals surface area contributed by atoms with Crippen molar-refractivity contribution in [3.05, 3.63) is 42.1 Å². The smallest absolute Gasteiger partial charge is 0.274 e. The Morgan fingerprint density at radius 1 is 0.966 bits per heavy atom. The summed E-state index contributed by atoms with van der Waals surface area (Å²) in [7, 11) is 1.70. The molecular weight excluding hydrogens is 366 g/mol. The molecule has 7 nitrogen and oxygen atoms in total. The molecule has 0 unspecified atom stereocenters. The van der Waals surface area contributed by atoms with Gasteiger partial charge in [-0.05, 0) is 37.1 Å². The van der Waals surface area contributed by atoms with E-state index in [1.807, 2.05) is 29.2 Å². The molecule has 1 aromatic heterocycles. The number of aromatic nitrogens is 2. The van der Waals surface area contributed by atoms with Gasteiger partial charge < -0.3 is 19.4 Å². The highest BCUT2D eigenvalue weighted by molar-refractivity contribution is 5.92. The zero-order valence-electron chi connectivity index (χ0n) is 17.7. The van der Waals surface area contributed by atoms with Crippen LogP contribution in [0.25, 0.3) is 0 Å². The predicted octanol–water partition coefficient (Wildman–Crippen LogP) is 3.07. The molecule has 3 rings (SSSR count). The lowest BCUT2D eigenvalue weighted by Crippen LogP contribution is -2.47. The van der Waals surface area contributed by atoms with Gasteiger partial charge in [0.25, 0.3) is 5.91 Å². The van der Waals surface area contributed by atoms with Crippen molar-refractivity contribution in [1.29, 1.82) is 0 Å². The number of methoxy groups -OCH3 is 1. The Morgan fingerprint density at radius 2 is 1.62 bits per heavy atom. The molecule has 0 atom stereocenters. The standard InChI is InChI=1S/C22H31N5O2/c1-4-12-27(13-5-2)22(28)18-10-11-21(24-23-18)26-16-14-25(15-17-26)19-8-6-7-9-20(19)29-3/h6-11H,4-5,12-17H2,1-3H3. The molecular formula is C22H31N5O2. The van der Waals surface area contributed by atoms with Crippen molar-refractivity contribution in [3.63, 3.8) is 0 Å². The van der Waals surface area contributed by atoms with E-state index in [-0.39, 0.29) is 5.91 Å². The van der Waals surface area contributed by atoms with Gasteiger partial charge >= 0.3 is 0 Å². The van der Waals surface area contributed by atoms with Crippen LogP contribution >= 0.6 is 0 Å². The number of anilines is 2. The van der Waals surface area contributed by atoms with E-state index in [4.69, 9.17) is 4.74 Å². The number of amides is 1. The molecule has 1 fully saturated rings. The average molecular weight is 398 g/mol. The Morgan fingerprint density at radius 3 is 2.21 bits per heavy atom. The van der Waals surface area contributed by atoms with Crippen molar-refractivity contribution in [2.75, 3.05) is 56.2 Å². The van der Waals surface area contributed by atoms with Gasteiger partial charge in [-0.15, -0.1) is 10.2 Å². The second-order valence-corrected chi connectivity index (χ2v) is 7.21. The van der Waals surface area contributed by atoms with Gasteiger partial charge in [0.15, 0.2) is 11.5 Å². The first-order chi connectivity index (χ1) is 14.2. The lowest BCUT2D eigenvalue weighted by molar-refractivity contribution is 0.0748. The van der Waals surface area contributed by atoms with Crippen molar-refractivity contribution >= 4 is 17.4 Å². The lowest BCUT2D eigenvalue weighted by atomic mass is 10.2. The van der Waals surface area contributed by atoms with E-state index in [9.17, 15) is 4.79 Å². The highest BCUT2D eigenvalue weighted by atomic mass is 16.5. The number of nitrogens with zero attached hydrogens (tertiary/aromatic N) is 5. The molecule has 156 valence electrons. The number of carbonyl (C=O) groups is 1. The van der Waals surface area contributed by atoms with Crippen LogP contribution in [-0.4, -0.2) is 67.4 Å². The van der Waals surface area contributed by atoms with Gasteiger partial charge in [-0.3, -0.25) is 4.79 Å². The lowest BCUT2D eigenvalue weighted by Gasteiger charge is -2.37. The normalized spacial score (nSPS) is 14.0. The first-order valence-corrected chi connectivity index (χ1v) is 10.4. The van der Waals surface area contributed by atoms with Gasteiger partial charge in [-0.1, -0.05) is 26.0 Å². The molecule has 29 heavy (non-hydrogen) atoms.